The number of benzene rings is 1. The second kappa shape index (κ2) is 6.29. The maximum atomic E-state index is 12.1. The lowest BCUT2D eigenvalue weighted by Crippen LogP contribution is -2.31. The highest BCUT2D eigenvalue weighted by Crippen LogP contribution is 2.22. The molecule has 4 nitrogen and oxygen atoms in total. The molecule has 0 unspecified atom stereocenters. The van der Waals surface area contributed by atoms with Gasteiger partial charge in [-0.25, -0.2) is 8.42 Å². The number of halogens is 2. The highest BCUT2D eigenvalue weighted by molar-refractivity contribution is 8.13. The smallest absolute Gasteiger partial charge is 0.261 e. The van der Waals surface area contributed by atoms with Crippen LogP contribution in [0.25, 0.3) is 0 Å². The number of terminal acetylenes is 1. The quantitative estimate of drug-likeness (QED) is 0.632. The first-order chi connectivity index (χ1) is 8.79. The van der Waals surface area contributed by atoms with Gasteiger partial charge in [0.1, 0.15) is 0 Å². The molecule has 0 saturated heterocycles. The Morgan fingerprint density at radius 3 is 2.53 bits per heavy atom. The number of amides is 1. The van der Waals surface area contributed by atoms with Gasteiger partial charge in [0, 0.05) is 27.8 Å². The van der Waals surface area contributed by atoms with Crippen molar-refractivity contribution in [3.8, 4) is 12.3 Å². The molecule has 1 rings (SSSR count). The molecule has 0 atom stereocenters. The third-order valence-electron chi connectivity index (χ3n) is 2.35. The van der Waals surface area contributed by atoms with E-state index in [1.165, 1.54) is 23.1 Å². The summed E-state index contributed by atoms with van der Waals surface area (Å²) >= 11 is 5.79. The van der Waals surface area contributed by atoms with Gasteiger partial charge in [-0.3, -0.25) is 4.79 Å². The first-order valence-corrected chi connectivity index (χ1v) is 7.96. The van der Waals surface area contributed by atoms with Gasteiger partial charge in [0.2, 0.25) is 0 Å². The Labute approximate surface area is 121 Å². The predicted octanol–water partition coefficient (Wildman–Crippen LogP) is 2.36. The monoisotopic (exact) mass is 319 g/mol. The van der Waals surface area contributed by atoms with Crippen molar-refractivity contribution in [2.75, 3.05) is 13.1 Å². The van der Waals surface area contributed by atoms with Gasteiger partial charge < -0.3 is 4.90 Å². The van der Waals surface area contributed by atoms with Crippen molar-refractivity contribution in [3.05, 3.63) is 28.8 Å². The molecule has 0 aromatic heterocycles. The number of nitrogens with zero attached hydrogens (tertiary/aromatic N) is 1. The van der Waals surface area contributed by atoms with Gasteiger partial charge >= 0.3 is 0 Å². The van der Waals surface area contributed by atoms with Crippen LogP contribution in [0.2, 0.25) is 5.02 Å². The van der Waals surface area contributed by atoms with E-state index in [1.54, 1.807) is 6.92 Å². The summed E-state index contributed by atoms with van der Waals surface area (Å²) in [5.74, 6) is 1.96. The van der Waals surface area contributed by atoms with Crippen LogP contribution < -0.4 is 0 Å². The van der Waals surface area contributed by atoms with Crippen molar-refractivity contribution in [3.63, 3.8) is 0 Å². The van der Waals surface area contributed by atoms with Gasteiger partial charge in [-0.2, -0.15) is 0 Å². The van der Waals surface area contributed by atoms with E-state index >= 15 is 0 Å². The van der Waals surface area contributed by atoms with Crippen LogP contribution in [-0.2, 0) is 9.05 Å². The van der Waals surface area contributed by atoms with E-state index in [1.807, 2.05) is 0 Å². The molecule has 0 heterocycles. The van der Waals surface area contributed by atoms with Crippen molar-refractivity contribution in [1.82, 2.24) is 4.90 Å². The second-order valence-electron chi connectivity index (χ2n) is 3.64. The summed E-state index contributed by atoms with van der Waals surface area (Å²) in [7, 11) is 1.29. The summed E-state index contributed by atoms with van der Waals surface area (Å²) < 4.78 is 22.5. The lowest BCUT2D eigenvalue weighted by atomic mass is 10.2. The van der Waals surface area contributed by atoms with E-state index in [0.29, 0.717) is 6.54 Å². The Kier molecular flexibility index (Phi) is 5.24. The largest absolute Gasteiger partial charge is 0.328 e. The third kappa shape index (κ3) is 4.13. The van der Waals surface area contributed by atoms with Gasteiger partial charge in [0.15, 0.2) is 0 Å². The van der Waals surface area contributed by atoms with E-state index in [-0.39, 0.29) is 22.0 Å². The highest BCUT2D eigenvalue weighted by atomic mass is 35.7. The van der Waals surface area contributed by atoms with Crippen LogP contribution in [0, 0.1) is 12.3 Å². The van der Waals surface area contributed by atoms with Crippen LogP contribution in [-0.4, -0.2) is 32.3 Å². The predicted molar refractivity (Wildman–Crippen MR) is 74.9 cm³/mol. The van der Waals surface area contributed by atoms with Crippen LogP contribution in [0.5, 0.6) is 0 Å². The number of carbonyl (C=O) groups is 1. The Morgan fingerprint density at radius 1 is 1.42 bits per heavy atom. The van der Waals surface area contributed by atoms with Gasteiger partial charge in [-0.1, -0.05) is 17.5 Å². The molecule has 0 bridgehead atoms. The third-order valence-corrected chi connectivity index (χ3v) is 3.90. The van der Waals surface area contributed by atoms with Crippen LogP contribution in [0.3, 0.4) is 0 Å². The summed E-state index contributed by atoms with van der Waals surface area (Å²) in [6.07, 6.45) is 5.16. The molecular formula is C12H11Cl2NO3S. The molecule has 0 radical (unpaired) electrons. The normalized spacial score (nSPS) is 10.8. The first kappa shape index (κ1) is 15.8. The molecule has 0 saturated carbocycles. The van der Waals surface area contributed by atoms with Crippen molar-refractivity contribution >= 4 is 37.2 Å². The molecule has 0 aliphatic rings. The maximum absolute atomic E-state index is 12.1. The Morgan fingerprint density at radius 2 is 2.05 bits per heavy atom. The standard InChI is InChI=1S/C12H11Cl2NO3S/c1-3-5-15(4-2)12(16)9-6-10(13)8-11(7-9)19(14,17)18/h1,6-8H,4-5H2,2H3. The Hall–Kier alpha value is -1.22. The van der Waals surface area contributed by atoms with E-state index in [2.05, 4.69) is 5.92 Å². The molecule has 102 valence electrons. The number of rotatable bonds is 4. The van der Waals surface area contributed by atoms with E-state index < -0.39 is 15.0 Å². The molecule has 1 amide bonds. The summed E-state index contributed by atoms with van der Waals surface area (Å²) in [4.78, 5) is 13.3. The average Bonchev–Trinajstić information content (AvgIpc) is 2.33. The fraction of sp³-hybridized carbons (Fsp3) is 0.250. The minimum absolute atomic E-state index is 0.113. The minimum Gasteiger partial charge on any atom is -0.328 e. The van der Waals surface area contributed by atoms with E-state index in [0.717, 1.165) is 0 Å². The summed E-state index contributed by atoms with van der Waals surface area (Å²) in [6, 6.07) is 3.72. The van der Waals surface area contributed by atoms with Crippen LogP contribution in [0.15, 0.2) is 23.1 Å². The average molecular weight is 320 g/mol. The molecule has 0 spiro atoms. The van der Waals surface area contributed by atoms with Gasteiger partial charge in [0.05, 0.1) is 11.4 Å². The first-order valence-electron chi connectivity index (χ1n) is 5.27. The van der Waals surface area contributed by atoms with Crippen LogP contribution in [0.1, 0.15) is 17.3 Å². The SMILES string of the molecule is C#CCN(CC)C(=O)c1cc(Cl)cc(S(=O)(=O)Cl)c1. The van der Waals surface area contributed by atoms with E-state index in [9.17, 15) is 13.2 Å². The van der Waals surface area contributed by atoms with E-state index in [4.69, 9.17) is 28.7 Å². The summed E-state index contributed by atoms with van der Waals surface area (Å²) in [6.45, 7) is 2.29. The molecular weight excluding hydrogens is 309 g/mol. The molecule has 0 N–H and O–H groups in total. The fourth-order valence-electron chi connectivity index (χ4n) is 1.45. The fourth-order valence-corrected chi connectivity index (χ4v) is 2.55. The van der Waals surface area contributed by atoms with Crippen molar-refractivity contribution < 1.29 is 13.2 Å². The van der Waals surface area contributed by atoms with Gasteiger partial charge in [0.25, 0.3) is 15.0 Å². The summed E-state index contributed by atoms with van der Waals surface area (Å²) in [5.41, 5.74) is 0.129. The zero-order valence-electron chi connectivity index (χ0n) is 10.1. The molecule has 0 fully saturated rings. The van der Waals surface area contributed by atoms with Crippen LogP contribution in [0.4, 0.5) is 0 Å². The second-order valence-corrected chi connectivity index (χ2v) is 6.64. The maximum Gasteiger partial charge on any atom is 0.261 e. The van der Waals surface area contributed by atoms with Crippen molar-refractivity contribution in [1.29, 1.82) is 0 Å². The van der Waals surface area contributed by atoms with Gasteiger partial charge in [-0.15, -0.1) is 6.42 Å². The molecule has 0 aliphatic heterocycles. The molecule has 7 heteroatoms. The van der Waals surface area contributed by atoms with Crippen molar-refractivity contribution in [2.24, 2.45) is 0 Å². The topological polar surface area (TPSA) is 54.5 Å². The van der Waals surface area contributed by atoms with Crippen molar-refractivity contribution in [2.45, 2.75) is 11.8 Å². The molecule has 1 aromatic carbocycles. The molecule has 0 aliphatic carbocycles. The minimum atomic E-state index is -3.95. The number of hydrogen-bond donors (Lipinski definition) is 0. The van der Waals surface area contributed by atoms with Crippen LogP contribution >= 0.6 is 22.3 Å². The lowest BCUT2D eigenvalue weighted by molar-refractivity contribution is 0.0784. The number of hydrogen-bond acceptors (Lipinski definition) is 3. The Balaban J connectivity index is 3.25. The zero-order chi connectivity index (χ0) is 14.6. The summed E-state index contributed by atoms with van der Waals surface area (Å²) in [5, 5.41) is 0.113. The molecule has 1 aromatic rings. The van der Waals surface area contributed by atoms with Gasteiger partial charge in [-0.05, 0) is 25.1 Å². The number of carbonyl (C=O) groups excluding carboxylic acids is 1. The molecule has 19 heavy (non-hydrogen) atoms. The lowest BCUT2D eigenvalue weighted by Gasteiger charge is -2.18. The highest BCUT2D eigenvalue weighted by Gasteiger charge is 2.18. The zero-order valence-corrected chi connectivity index (χ0v) is 12.4. The Bertz CT molecular complexity index is 635.